The zero-order valence-electron chi connectivity index (χ0n) is 8.22. The number of benzene rings is 1. The highest BCUT2D eigenvalue weighted by molar-refractivity contribution is 6.31. The van der Waals surface area contributed by atoms with Gasteiger partial charge in [0, 0.05) is 11.1 Å². The number of hydrogen-bond acceptors (Lipinski definition) is 1. The molecule has 0 bridgehead atoms. The Morgan fingerprint density at radius 2 is 2.21 bits per heavy atom. The third-order valence-electron chi connectivity index (χ3n) is 2.75. The molecule has 1 nitrogen and oxygen atoms in total. The van der Waals surface area contributed by atoms with E-state index in [-0.39, 0.29) is 12.4 Å². The first-order chi connectivity index (χ1) is 6.29. The molecule has 1 fully saturated rings. The predicted octanol–water partition coefficient (Wildman–Crippen LogP) is 3.49. The summed E-state index contributed by atoms with van der Waals surface area (Å²) in [6, 6.07) is 6.68. The Kier molecular flexibility index (Phi) is 4.24. The fraction of sp³-hybridized carbons (Fsp3) is 0.455. The molecule has 0 unspecified atom stereocenters. The molecule has 0 amide bonds. The van der Waals surface area contributed by atoms with Gasteiger partial charge < -0.3 is 5.32 Å². The normalized spacial score (nSPS) is 20.6. The minimum absolute atomic E-state index is 0. The maximum atomic E-state index is 6.06. The monoisotopic (exact) mass is 231 g/mol. The standard InChI is InChI=1S/C11H14ClN.ClH/c1-8-9(4-2-5-10(8)12)11-6-3-7-13-11;/h2,4-5,11,13H,3,6-7H2,1H3;1H/t11-;/m0./s1. The second-order valence-corrected chi connectivity index (χ2v) is 4.01. The second-order valence-electron chi connectivity index (χ2n) is 3.60. The van der Waals surface area contributed by atoms with E-state index in [0.717, 1.165) is 11.6 Å². The van der Waals surface area contributed by atoms with Crippen LogP contribution in [0, 0.1) is 6.92 Å². The van der Waals surface area contributed by atoms with Crippen LogP contribution in [0.2, 0.25) is 5.02 Å². The van der Waals surface area contributed by atoms with E-state index in [0.29, 0.717) is 6.04 Å². The van der Waals surface area contributed by atoms with Crippen molar-refractivity contribution in [3.05, 3.63) is 34.3 Å². The second kappa shape index (κ2) is 5.01. The van der Waals surface area contributed by atoms with Gasteiger partial charge in [-0.1, -0.05) is 23.7 Å². The summed E-state index contributed by atoms with van der Waals surface area (Å²) in [5, 5.41) is 4.36. The van der Waals surface area contributed by atoms with Crippen LogP contribution in [0.4, 0.5) is 0 Å². The van der Waals surface area contributed by atoms with Crippen molar-refractivity contribution >= 4 is 24.0 Å². The SMILES string of the molecule is Cc1c(Cl)cccc1[C@@H]1CCCN1.Cl. The molecule has 78 valence electrons. The molecular formula is C11H15Cl2N. The van der Waals surface area contributed by atoms with Crippen molar-refractivity contribution in [3.63, 3.8) is 0 Å². The molecule has 1 aromatic carbocycles. The van der Waals surface area contributed by atoms with E-state index in [4.69, 9.17) is 11.6 Å². The first kappa shape index (κ1) is 11.8. The van der Waals surface area contributed by atoms with E-state index in [9.17, 15) is 0 Å². The Balaban J connectivity index is 0.000000980. The van der Waals surface area contributed by atoms with Crippen molar-refractivity contribution in [3.8, 4) is 0 Å². The predicted molar refractivity (Wildman–Crippen MR) is 63.4 cm³/mol. The highest BCUT2D eigenvalue weighted by Gasteiger charge is 2.18. The summed E-state index contributed by atoms with van der Waals surface area (Å²) in [5.74, 6) is 0. The lowest BCUT2D eigenvalue weighted by Crippen LogP contribution is -2.13. The minimum Gasteiger partial charge on any atom is -0.310 e. The van der Waals surface area contributed by atoms with Gasteiger partial charge in [0.25, 0.3) is 0 Å². The molecule has 1 N–H and O–H groups in total. The van der Waals surface area contributed by atoms with Gasteiger partial charge in [0.2, 0.25) is 0 Å². The van der Waals surface area contributed by atoms with Gasteiger partial charge in [-0.15, -0.1) is 12.4 Å². The third-order valence-corrected chi connectivity index (χ3v) is 3.15. The lowest BCUT2D eigenvalue weighted by atomic mass is 10.0. The van der Waals surface area contributed by atoms with Crippen LogP contribution < -0.4 is 5.32 Å². The van der Waals surface area contributed by atoms with Crippen LogP contribution in [0.15, 0.2) is 18.2 Å². The van der Waals surface area contributed by atoms with Crippen molar-refractivity contribution < 1.29 is 0 Å². The number of rotatable bonds is 1. The van der Waals surface area contributed by atoms with Crippen LogP contribution in [0.1, 0.15) is 30.0 Å². The van der Waals surface area contributed by atoms with Crippen LogP contribution in [0.5, 0.6) is 0 Å². The zero-order chi connectivity index (χ0) is 9.26. The highest BCUT2D eigenvalue weighted by atomic mass is 35.5. The summed E-state index contributed by atoms with van der Waals surface area (Å²) < 4.78 is 0. The molecule has 0 aromatic heterocycles. The molecule has 0 saturated carbocycles. The van der Waals surface area contributed by atoms with Crippen molar-refractivity contribution in [2.45, 2.75) is 25.8 Å². The van der Waals surface area contributed by atoms with Crippen LogP contribution in [0.3, 0.4) is 0 Å². The molecule has 1 aromatic rings. The van der Waals surface area contributed by atoms with Gasteiger partial charge in [-0.25, -0.2) is 0 Å². The number of halogens is 2. The molecule has 14 heavy (non-hydrogen) atoms. The fourth-order valence-corrected chi connectivity index (χ4v) is 2.13. The minimum atomic E-state index is 0. The van der Waals surface area contributed by atoms with Gasteiger partial charge in [-0.05, 0) is 43.5 Å². The lowest BCUT2D eigenvalue weighted by Gasteiger charge is -2.14. The van der Waals surface area contributed by atoms with Crippen molar-refractivity contribution in [1.29, 1.82) is 0 Å². The molecular weight excluding hydrogens is 217 g/mol. The number of hydrogen-bond donors (Lipinski definition) is 1. The van der Waals surface area contributed by atoms with E-state index in [1.807, 2.05) is 12.1 Å². The van der Waals surface area contributed by atoms with Crippen molar-refractivity contribution in [2.75, 3.05) is 6.54 Å². The Bertz CT molecular complexity index is 306. The Morgan fingerprint density at radius 1 is 1.43 bits per heavy atom. The van der Waals surface area contributed by atoms with Gasteiger partial charge in [0.05, 0.1) is 0 Å². The van der Waals surface area contributed by atoms with Crippen LogP contribution in [-0.4, -0.2) is 6.54 Å². The van der Waals surface area contributed by atoms with Gasteiger partial charge in [-0.2, -0.15) is 0 Å². The van der Waals surface area contributed by atoms with Crippen molar-refractivity contribution in [1.82, 2.24) is 5.32 Å². The molecule has 2 rings (SSSR count). The molecule has 1 heterocycles. The van der Waals surface area contributed by atoms with E-state index in [1.54, 1.807) is 0 Å². The lowest BCUT2D eigenvalue weighted by molar-refractivity contribution is 0.644. The van der Waals surface area contributed by atoms with Crippen LogP contribution in [-0.2, 0) is 0 Å². The summed E-state index contributed by atoms with van der Waals surface area (Å²) in [5.41, 5.74) is 2.59. The van der Waals surface area contributed by atoms with Gasteiger partial charge in [-0.3, -0.25) is 0 Å². The third kappa shape index (κ3) is 2.22. The summed E-state index contributed by atoms with van der Waals surface area (Å²) in [6.45, 7) is 3.23. The Hall–Kier alpha value is -0.240. The molecule has 1 saturated heterocycles. The van der Waals surface area contributed by atoms with E-state index < -0.39 is 0 Å². The molecule has 0 spiro atoms. The summed E-state index contributed by atoms with van der Waals surface area (Å²) in [6.07, 6.45) is 2.51. The largest absolute Gasteiger partial charge is 0.310 e. The molecule has 3 heteroatoms. The quantitative estimate of drug-likeness (QED) is 0.781. The first-order valence-corrected chi connectivity index (χ1v) is 5.15. The molecule has 0 radical (unpaired) electrons. The van der Waals surface area contributed by atoms with E-state index in [1.165, 1.54) is 24.0 Å². The van der Waals surface area contributed by atoms with E-state index >= 15 is 0 Å². The first-order valence-electron chi connectivity index (χ1n) is 4.77. The molecule has 1 aliphatic rings. The topological polar surface area (TPSA) is 12.0 Å². The summed E-state index contributed by atoms with van der Waals surface area (Å²) in [4.78, 5) is 0. The number of nitrogens with one attached hydrogen (secondary N) is 1. The highest BCUT2D eigenvalue weighted by Crippen LogP contribution is 2.29. The van der Waals surface area contributed by atoms with E-state index in [2.05, 4.69) is 18.3 Å². The maximum absolute atomic E-state index is 6.06. The Morgan fingerprint density at radius 3 is 2.86 bits per heavy atom. The van der Waals surface area contributed by atoms with Crippen LogP contribution in [0.25, 0.3) is 0 Å². The van der Waals surface area contributed by atoms with Crippen LogP contribution >= 0.6 is 24.0 Å². The van der Waals surface area contributed by atoms with Gasteiger partial charge in [0.15, 0.2) is 0 Å². The molecule has 1 atom stereocenters. The van der Waals surface area contributed by atoms with Crippen molar-refractivity contribution in [2.24, 2.45) is 0 Å². The molecule has 1 aliphatic heterocycles. The summed E-state index contributed by atoms with van der Waals surface area (Å²) in [7, 11) is 0. The van der Waals surface area contributed by atoms with Gasteiger partial charge >= 0.3 is 0 Å². The van der Waals surface area contributed by atoms with Gasteiger partial charge in [0.1, 0.15) is 0 Å². The average molecular weight is 232 g/mol. The Labute approximate surface area is 96.3 Å². The summed E-state index contributed by atoms with van der Waals surface area (Å²) >= 11 is 6.06. The zero-order valence-corrected chi connectivity index (χ0v) is 9.79. The average Bonchev–Trinajstić information content (AvgIpc) is 2.62. The smallest absolute Gasteiger partial charge is 0.0438 e. The maximum Gasteiger partial charge on any atom is 0.0438 e. The fourth-order valence-electron chi connectivity index (χ4n) is 1.95. The molecule has 0 aliphatic carbocycles.